The second-order valence-corrected chi connectivity index (χ2v) is 7.95. The lowest BCUT2D eigenvalue weighted by Gasteiger charge is -2.28. The largest absolute Gasteiger partial charge is 0.467 e. The topological polar surface area (TPSA) is 98.5 Å². The van der Waals surface area contributed by atoms with Gasteiger partial charge in [-0.1, -0.05) is 48.5 Å². The van der Waals surface area contributed by atoms with Crippen molar-refractivity contribution >= 4 is 28.8 Å². The number of hydrogen-bond acceptors (Lipinski definition) is 7. The van der Waals surface area contributed by atoms with Crippen molar-refractivity contribution in [3.05, 3.63) is 110 Å². The summed E-state index contributed by atoms with van der Waals surface area (Å²) < 4.78 is 5.10. The van der Waals surface area contributed by atoms with Crippen molar-refractivity contribution in [2.45, 2.75) is 11.6 Å². The van der Waals surface area contributed by atoms with E-state index in [-0.39, 0.29) is 11.5 Å². The molecule has 0 saturated heterocycles. The number of nitro groups is 1. The number of nitro benzene ring substituents is 1. The summed E-state index contributed by atoms with van der Waals surface area (Å²) in [6.07, 6.45) is 1.61. The minimum atomic E-state index is -1.37. The molecule has 0 saturated carbocycles. The van der Waals surface area contributed by atoms with Gasteiger partial charge in [-0.3, -0.25) is 20.2 Å². The van der Waals surface area contributed by atoms with Crippen LogP contribution in [0.5, 0.6) is 0 Å². The third-order valence-electron chi connectivity index (χ3n) is 5.24. The fraction of sp³-hybridized carbons (Fsp3) is 0.130. The maximum Gasteiger partial charge on any atom is 0.334 e. The van der Waals surface area contributed by atoms with Crippen LogP contribution in [-0.4, -0.2) is 23.8 Å². The van der Waals surface area contributed by atoms with E-state index in [4.69, 9.17) is 4.74 Å². The molecule has 0 amide bonds. The molecule has 7 nitrogen and oxygen atoms in total. The van der Waals surface area contributed by atoms with Gasteiger partial charge in [0, 0.05) is 17.7 Å². The average Bonchev–Trinajstić information content (AvgIpc) is 3.48. The summed E-state index contributed by atoms with van der Waals surface area (Å²) in [7, 11) is 1.29. The Morgan fingerprint density at radius 3 is 2.35 bits per heavy atom. The number of nitrogens with one attached hydrogen (secondary N) is 1. The predicted molar refractivity (Wildman–Crippen MR) is 116 cm³/mol. The van der Waals surface area contributed by atoms with Crippen LogP contribution in [0.15, 0.2) is 83.8 Å². The van der Waals surface area contributed by atoms with Crippen LogP contribution in [0.2, 0.25) is 0 Å². The number of Topliss-reactive ketones (excluding diaryl/α,β-unsaturated/α-hetero) is 1. The van der Waals surface area contributed by atoms with Crippen molar-refractivity contribution in [3.8, 4) is 0 Å². The number of carbonyl (C=O) groups is 2. The number of carbonyl (C=O) groups excluding carboxylic acids is 2. The van der Waals surface area contributed by atoms with E-state index in [1.165, 1.54) is 30.6 Å². The number of methoxy groups -OCH3 is 1. The van der Waals surface area contributed by atoms with E-state index in [1.54, 1.807) is 54.6 Å². The number of non-ortho nitro benzene ring substituents is 1. The Hall–Kier alpha value is -3.62. The Morgan fingerprint density at radius 2 is 1.77 bits per heavy atom. The van der Waals surface area contributed by atoms with Crippen LogP contribution in [0.4, 0.5) is 5.69 Å². The normalized spacial score (nSPS) is 20.2. The van der Waals surface area contributed by atoms with Gasteiger partial charge in [0.1, 0.15) is 0 Å². The van der Waals surface area contributed by atoms with Gasteiger partial charge in [0.05, 0.1) is 23.0 Å². The number of thiophene rings is 1. The van der Waals surface area contributed by atoms with Crippen LogP contribution in [0.3, 0.4) is 0 Å². The van der Waals surface area contributed by atoms with Gasteiger partial charge < -0.3 is 4.74 Å². The van der Waals surface area contributed by atoms with Crippen LogP contribution >= 0.6 is 11.3 Å². The number of benzene rings is 2. The lowest BCUT2D eigenvalue weighted by molar-refractivity contribution is -0.384. The highest BCUT2D eigenvalue weighted by Crippen LogP contribution is 2.41. The summed E-state index contributed by atoms with van der Waals surface area (Å²) in [5.41, 5.74) is 0.209. The van der Waals surface area contributed by atoms with E-state index in [1.807, 2.05) is 11.4 Å². The third kappa shape index (κ3) is 3.67. The molecule has 0 unspecified atom stereocenters. The predicted octanol–water partition coefficient (Wildman–Crippen LogP) is 4.18. The molecule has 0 spiro atoms. The molecular weight excluding hydrogens is 416 g/mol. The van der Waals surface area contributed by atoms with Gasteiger partial charge in [0.2, 0.25) is 5.78 Å². The first-order valence-corrected chi connectivity index (χ1v) is 10.3. The van der Waals surface area contributed by atoms with Crippen molar-refractivity contribution in [1.82, 2.24) is 5.32 Å². The number of ether oxygens (including phenoxy) is 1. The number of ketones is 1. The molecule has 156 valence electrons. The molecule has 1 N–H and O–H groups in total. The highest BCUT2D eigenvalue weighted by atomic mass is 32.1. The van der Waals surface area contributed by atoms with Crippen LogP contribution in [0.1, 0.15) is 26.8 Å². The average molecular weight is 434 g/mol. The molecule has 4 rings (SSSR count). The summed E-state index contributed by atoms with van der Waals surface area (Å²) in [6.45, 7) is 0. The standard InChI is InChI=1S/C23H18N2O5S/c1-30-22(27)23(16-6-3-2-4-7-16)14-18(21(26)19-8-5-13-31-19)20(24-23)15-9-11-17(12-10-15)25(28)29/h2-14,20,24H,1H3/t20-,23-/m0/s1. The van der Waals surface area contributed by atoms with Crippen molar-refractivity contribution in [2.24, 2.45) is 0 Å². The Morgan fingerprint density at radius 1 is 1.06 bits per heavy atom. The quantitative estimate of drug-likeness (QED) is 0.270. The Bertz CT molecular complexity index is 1160. The molecular formula is C23H18N2O5S. The maximum absolute atomic E-state index is 13.3. The van der Waals surface area contributed by atoms with Crippen molar-refractivity contribution in [1.29, 1.82) is 0 Å². The fourth-order valence-electron chi connectivity index (χ4n) is 3.73. The van der Waals surface area contributed by atoms with Crippen LogP contribution < -0.4 is 5.32 Å². The number of rotatable bonds is 6. The third-order valence-corrected chi connectivity index (χ3v) is 6.10. The molecule has 1 aromatic heterocycles. The Labute approximate surface area is 182 Å². The van der Waals surface area contributed by atoms with E-state index in [2.05, 4.69) is 5.32 Å². The molecule has 2 heterocycles. The van der Waals surface area contributed by atoms with Crippen LogP contribution in [0.25, 0.3) is 0 Å². The number of nitrogens with zero attached hydrogens (tertiary/aromatic N) is 1. The molecule has 0 aliphatic carbocycles. The fourth-order valence-corrected chi connectivity index (χ4v) is 4.41. The Kier molecular flexibility index (Phi) is 5.50. The van der Waals surface area contributed by atoms with Gasteiger partial charge in [-0.25, -0.2) is 4.79 Å². The zero-order chi connectivity index (χ0) is 22.0. The van der Waals surface area contributed by atoms with Crippen molar-refractivity contribution in [2.75, 3.05) is 7.11 Å². The first-order valence-electron chi connectivity index (χ1n) is 9.43. The molecule has 2 aromatic carbocycles. The summed E-state index contributed by atoms with van der Waals surface area (Å²) in [4.78, 5) is 37.4. The first kappa shape index (κ1) is 20.6. The zero-order valence-electron chi connectivity index (χ0n) is 16.5. The van der Waals surface area contributed by atoms with E-state index in [0.29, 0.717) is 21.6 Å². The minimum Gasteiger partial charge on any atom is -0.467 e. The molecule has 0 fully saturated rings. The van der Waals surface area contributed by atoms with Gasteiger partial charge in [-0.2, -0.15) is 0 Å². The van der Waals surface area contributed by atoms with Gasteiger partial charge in [-0.05, 0) is 28.6 Å². The number of esters is 1. The highest BCUT2D eigenvalue weighted by molar-refractivity contribution is 7.12. The lowest BCUT2D eigenvalue weighted by atomic mass is 9.90. The zero-order valence-corrected chi connectivity index (χ0v) is 17.3. The summed E-state index contributed by atoms with van der Waals surface area (Å²) >= 11 is 1.31. The summed E-state index contributed by atoms with van der Waals surface area (Å²) in [6, 6.07) is 17.8. The van der Waals surface area contributed by atoms with Crippen LogP contribution in [0, 0.1) is 10.1 Å². The van der Waals surface area contributed by atoms with E-state index >= 15 is 0 Å². The first-order chi connectivity index (χ1) is 15.0. The molecule has 8 heteroatoms. The Balaban J connectivity index is 1.86. The second kappa shape index (κ2) is 8.25. The van der Waals surface area contributed by atoms with E-state index in [9.17, 15) is 19.7 Å². The molecule has 0 radical (unpaired) electrons. The summed E-state index contributed by atoms with van der Waals surface area (Å²) in [5.74, 6) is -0.771. The summed E-state index contributed by atoms with van der Waals surface area (Å²) in [5, 5.41) is 16.1. The maximum atomic E-state index is 13.3. The number of hydrogen-bond donors (Lipinski definition) is 1. The lowest BCUT2D eigenvalue weighted by Crippen LogP contribution is -2.46. The van der Waals surface area contributed by atoms with Gasteiger partial charge in [-0.15, -0.1) is 11.3 Å². The minimum absolute atomic E-state index is 0.0563. The van der Waals surface area contributed by atoms with E-state index < -0.39 is 22.5 Å². The smallest absolute Gasteiger partial charge is 0.334 e. The molecule has 1 aliphatic rings. The van der Waals surface area contributed by atoms with Crippen molar-refractivity contribution in [3.63, 3.8) is 0 Å². The van der Waals surface area contributed by atoms with Crippen LogP contribution in [-0.2, 0) is 15.1 Å². The van der Waals surface area contributed by atoms with Gasteiger partial charge in [0.15, 0.2) is 5.54 Å². The van der Waals surface area contributed by atoms with E-state index in [0.717, 1.165) is 0 Å². The molecule has 0 bridgehead atoms. The molecule has 3 aromatic rings. The van der Waals surface area contributed by atoms with Gasteiger partial charge in [0.25, 0.3) is 5.69 Å². The molecule has 2 atom stereocenters. The monoisotopic (exact) mass is 434 g/mol. The second-order valence-electron chi connectivity index (χ2n) is 7.00. The molecule has 1 aliphatic heterocycles. The van der Waals surface area contributed by atoms with Gasteiger partial charge >= 0.3 is 5.97 Å². The molecule has 31 heavy (non-hydrogen) atoms. The SMILES string of the molecule is COC(=O)[C@@]1(c2ccccc2)C=C(C(=O)c2cccs2)[C@H](c2ccc([N+](=O)[O-])cc2)N1. The highest BCUT2D eigenvalue weighted by Gasteiger charge is 2.48. The van der Waals surface area contributed by atoms with Crippen molar-refractivity contribution < 1.29 is 19.2 Å².